The zero-order valence-corrected chi connectivity index (χ0v) is 10.4. The lowest BCUT2D eigenvalue weighted by atomic mass is 10.2. The highest BCUT2D eigenvalue weighted by Gasteiger charge is 2.14. The van der Waals surface area contributed by atoms with Gasteiger partial charge in [0.25, 0.3) is 0 Å². The third-order valence-corrected chi connectivity index (χ3v) is 3.08. The monoisotopic (exact) mass is 267 g/mol. The fourth-order valence-corrected chi connectivity index (χ4v) is 2.03. The maximum atomic E-state index is 13.1. The number of benzene rings is 1. The minimum Gasteiger partial charge on any atom is -0.477 e. The van der Waals surface area contributed by atoms with E-state index in [1.165, 1.54) is 18.2 Å². The second kappa shape index (κ2) is 4.82. The Hall–Kier alpha value is -1.81. The standard InChI is InChI=1S/C13H11ClFNO2/c1-8-4-5-16(12(8)13(17)18)7-9-6-10(15)2-3-11(9)14/h2-6H,7H2,1H3,(H,17,18). The van der Waals surface area contributed by atoms with Crippen molar-refractivity contribution >= 4 is 17.6 Å². The van der Waals surface area contributed by atoms with Crippen LogP contribution in [0.2, 0.25) is 5.02 Å². The van der Waals surface area contributed by atoms with Crippen LogP contribution in [0.3, 0.4) is 0 Å². The molecule has 0 aliphatic heterocycles. The molecule has 0 saturated carbocycles. The van der Waals surface area contributed by atoms with Gasteiger partial charge in [0, 0.05) is 17.8 Å². The van der Waals surface area contributed by atoms with E-state index in [2.05, 4.69) is 0 Å². The van der Waals surface area contributed by atoms with Gasteiger partial charge in [0.05, 0.1) is 0 Å². The third-order valence-electron chi connectivity index (χ3n) is 2.72. The van der Waals surface area contributed by atoms with E-state index in [1.807, 2.05) is 0 Å². The van der Waals surface area contributed by atoms with Crippen molar-refractivity contribution in [2.75, 3.05) is 0 Å². The van der Waals surface area contributed by atoms with Gasteiger partial charge in [-0.1, -0.05) is 11.6 Å². The second-order valence-corrected chi connectivity index (χ2v) is 4.42. The summed E-state index contributed by atoms with van der Waals surface area (Å²) in [6.07, 6.45) is 1.65. The van der Waals surface area contributed by atoms with Crippen LogP contribution in [-0.4, -0.2) is 15.6 Å². The number of aromatic nitrogens is 1. The van der Waals surface area contributed by atoms with Gasteiger partial charge in [-0.25, -0.2) is 9.18 Å². The van der Waals surface area contributed by atoms with E-state index in [0.29, 0.717) is 16.1 Å². The number of aromatic carboxylic acids is 1. The Labute approximate surface area is 108 Å². The molecule has 0 unspecified atom stereocenters. The minimum atomic E-state index is -1.01. The first-order valence-electron chi connectivity index (χ1n) is 5.32. The number of halogens is 2. The molecule has 0 radical (unpaired) electrons. The molecule has 18 heavy (non-hydrogen) atoms. The summed E-state index contributed by atoms with van der Waals surface area (Å²) in [6, 6.07) is 5.74. The SMILES string of the molecule is Cc1ccn(Cc2cc(F)ccc2Cl)c1C(=O)O. The first-order valence-corrected chi connectivity index (χ1v) is 5.70. The molecule has 0 saturated heterocycles. The van der Waals surface area contributed by atoms with Gasteiger partial charge < -0.3 is 9.67 Å². The van der Waals surface area contributed by atoms with E-state index < -0.39 is 11.8 Å². The minimum absolute atomic E-state index is 0.190. The molecule has 94 valence electrons. The Bertz CT molecular complexity index is 607. The van der Waals surface area contributed by atoms with E-state index in [-0.39, 0.29) is 12.2 Å². The summed E-state index contributed by atoms with van der Waals surface area (Å²) in [5.74, 6) is -1.40. The van der Waals surface area contributed by atoms with E-state index >= 15 is 0 Å². The number of aryl methyl sites for hydroxylation is 1. The molecule has 1 N–H and O–H groups in total. The highest BCUT2D eigenvalue weighted by Crippen LogP contribution is 2.20. The molecule has 0 amide bonds. The normalized spacial score (nSPS) is 10.6. The van der Waals surface area contributed by atoms with Gasteiger partial charge >= 0.3 is 5.97 Å². The van der Waals surface area contributed by atoms with Gasteiger partial charge in [-0.05, 0) is 42.3 Å². The van der Waals surface area contributed by atoms with Gasteiger partial charge in [0.2, 0.25) is 0 Å². The molecule has 1 heterocycles. The summed E-state index contributed by atoms with van der Waals surface area (Å²) in [4.78, 5) is 11.1. The van der Waals surface area contributed by atoms with Gasteiger partial charge in [-0.3, -0.25) is 0 Å². The van der Waals surface area contributed by atoms with Gasteiger partial charge in [-0.15, -0.1) is 0 Å². The van der Waals surface area contributed by atoms with Crippen LogP contribution in [0, 0.1) is 12.7 Å². The lowest BCUT2D eigenvalue weighted by Crippen LogP contribution is -2.10. The molecule has 0 atom stereocenters. The summed E-state index contributed by atoms with van der Waals surface area (Å²) in [7, 11) is 0. The highest BCUT2D eigenvalue weighted by atomic mass is 35.5. The molecule has 1 aromatic heterocycles. The number of carboxylic acid groups (broad SMARTS) is 1. The van der Waals surface area contributed by atoms with Crippen molar-refractivity contribution in [2.45, 2.75) is 13.5 Å². The van der Waals surface area contributed by atoms with Crippen LogP contribution < -0.4 is 0 Å². The molecule has 2 aromatic rings. The molecule has 0 fully saturated rings. The fourth-order valence-electron chi connectivity index (χ4n) is 1.85. The van der Waals surface area contributed by atoms with Crippen molar-refractivity contribution in [1.29, 1.82) is 0 Å². The number of nitrogens with zero attached hydrogens (tertiary/aromatic N) is 1. The number of hydrogen-bond donors (Lipinski definition) is 1. The number of carboxylic acids is 1. The van der Waals surface area contributed by atoms with Crippen molar-refractivity contribution in [1.82, 2.24) is 4.57 Å². The van der Waals surface area contributed by atoms with Crippen LogP contribution >= 0.6 is 11.6 Å². The Balaban J connectivity index is 2.40. The Morgan fingerprint density at radius 1 is 1.44 bits per heavy atom. The van der Waals surface area contributed by atoms with Crippen LogP contribution in [0.4, 0.5) is 4.39 Å². The number of carbonyl (C=O) groups is 1. The molecule has 0 aliphatic rings. The molecule has 1 aromatic carbocycles. The van der Waals surface area contributed by atoms with Crippen molar-refractivity contribution in [2.24, 2.45) is 0 Å². The van der Waals surface area contributed by atoms with E-state index in [4.69, 9.17) is 16.7 Å². The summed E-state index contributed by atoms with van der Waals surface area (Å²) in [5.41, 5.74) is 1.40. The molecule has 0 aliphatic carbocycles. The van der Waals surface area contributed by atoms with Gasteiger partial charge in [0.1, 0.15) is 11.5 Å². The Kier molecular flexibility index (Phi) is 3.39. The van der Waals surface area contributed by atoms with Gasteiger partial charge in [-0.2, -0.15) is 0 Å². The summed E-state index contributed by atoms with van der Waals surface area (Å²) < 4.78 is 14.7. The van der Waals surface area contributed by atoms with Crippen molar-refractivity contribution in [3.8, 4) is 0 Å². The highest BCUT2D eigenvalue weighted by molar-refractivity contribution is 6.31. The molecule has 0 bridgehead atoms. The number of hydrogen-bond acceptors (Lipinski definition) is 1. The van der Waals surface area contributed by atoms with E-state index in [9.17, 15) is 9.18 Å². The zero-order valence-electron chi connectivity index (χ0n) is 9.65. The average Bonchev–Trinajstić information content (AvgIpc) is 2.65. The Morgan fingerprint density at radius 3 is 2.83 bits per heavy atom. The third kappa shape index (κ3) is 2.38. The zero-order chi connectivity index (χ0) is 13.3. The average molecular weight is 268 g/mol. The molecule has 0 spiro atoms. The number of rotatable bonds is 3. The largest absolute Gasteiger partial charge is 0.477 e. The van der Waals surface area contributed by atoms with Crippen LogP contribution in [0.1, 0.15) is 21.6 Å². The first-order chi connectivity index (χ1) is 8.49. The fraction of sp³-hybridized carbons (Fsp3) is 0.154. The second-order valence-electron chi connectivity index (χ2n) is 4.02. The van der Waals surface area contributed by atoms with Crippen LogP contribution in [0.25, 0.3) is 0 Å². The summed E-state index contributed by atoms with van der Waals surface area (Å²) in [6.45, 7) is 1.94. The predicted molar refractivity (Wildman–Crippen MR) is 66.6 cm³/mol. The van der Waals surface area contributed by atoms with Gasteiger partial charge in [0.15, 0.2) is 0 Å². The molecule has 3 nitrogen and oxygen atoms in total. The Morgan fingerprint density at radius 2 is 2.17 bits per heavy atom. The molecule has 2 rings (SSSR count). The smallest absolute Gasteiger partial charge is 0.352 e. The van der Waals surface area contributed by atoms with Crippen LogP contribution in [-0.2, 0) is 6.54 Å². The first kappa shape index (κ1) is 12.6. The summed E-state index contributed by atoms with van der Waals surface area (Å²) >= 11 is 5.96. The lowest BCUT2D eigenvalue weighted by Gasteiger charge is -2.09. The molecular weight excluding hydrogens is 257 g/mol. The lowest BCUT2D eigenvalue weighted by molar-refractivity contribution is 0.0685. The summed E-state index contributed by atoms with van der Waals surface area (Å²) in [5, 5.41) is 9.53. The van der Waals surface area contributed by atoms with Crippen molar-refractivity contribution in [3.05, 3.63) is 58.1 Å². The molecule has 5 heteroatoms. The van der Waals surface area contributed by atoms with Crippen molar-refractivity contribution < 1.29 is 14.3 Å². The maximum absolute atomic E-state index is 13.1. The van der Waals surface area contributed by atoms with Crippen LogP contribution in [0.15, 0.2) is 30.5 Å². The maximum Gasteiger partial charge on any atom is 0.352 e. The van der Waals surface area contributed by atoms with E-state index in [0.717, 1.165) is 0 Å². The topological polar surface area (TPSA) is 42.2 Å². The quantitative estimate of drug-likeness (QED) is 0.927. The van der Waals surface area contributed by atoms with E-state index in [1.54, 1.807) is 23.8 Å². The predicted octanol–water partition coefficient (Wildman–Crippen LogP) is 3.34. The molecular formula is C13H11ClFNO2. The van der Waals surface area contributed by atoms with Crippen LogP contribution in [0.5, 0.6) is 0 Å². The van der Waals surface area contributed by atoms with Crippen molar-refractivity contribution in [3.63, 3.8) is 0 Å².